The fourth-order valence-electron chi connectivity index (χ4n) is 4.67. The van der Waals surface area contributed by atoms with Gasteiger partial charge >= 0.3 is 0 Å². The number of carbonyl (C=O) groups excluding carboxylic acids is 2. The number of imide groups is 1. The number of hydrogen-bond donors (Lipinski definition) is 0. The third-order valence-corrected chi connectivity index (χ3v) is 6.31. The first-order chi connectivity index (χ1) is 13.5. The summed E-state index contributed by atoms with van der Waals surface area (Å²) in [7, 11) is 0. The predicted molar refractivity (Wildman–Crippen MR) is 103 cm³/mol. The molecule has 0 aliphatic carbocycles. The minimum atomic E-state index is -0.572. The predicted octanol–water partition coefficient (Wildman–Crippen LogP) is 3.67. The van der Waals surface area contributed by atoms with Gasteiger partial charge in [-0.05, 0) is 42.3 Å². The van der Waals surface area contributed by atoms with Crippen LogP contribution in [0.4, 0.5) is 10.1 Å². The fraction of sp³-hybridized carbons (Fsp3) is 0.300. The number of carbonyl (C=O) groups is 2. The Balaban J connectivity index is 1.59. The summed E-state index contributed by atoms with van der Waals surface area (Å²) < 4.78 is 13.4. The lowest BCUT2D eigenvalue weighted by Crippen LogP contribution is -2.44. The van der Waals surface area contributed by atoms with Crippen LogP contribution in [0.2, 0.25) is 10.0 Å². The van der Waals surface area contributed by atoms with Gasteiger partial charge in [-0.15, -0.1) is 0 Å². The lowest BCUT2D eigenvalue weighted by atomic mass is 9.90. The van der Waals surface area contributed by atoms with Gasteiger partial charge < -0.3 is 0 Å². The molecule has 3 fully saturated rings. The van der Waals surface area contributed by atoms with Crippen molar-refractivity contribution < 1.29 is 14.0 Å². The summed E-state index contributed by atoms with van der Waals surface area (Å²) in [6.07, 6.45) is 0.907. The molecule has 5 rings (SSSR count). The number of rotatable bonds is 2. The van der Waals surface area contributed by atoms with Gasteiger partial charge in [-0.3, -0.25) is 9.59 Å². The standard InChI is InChI=1S/C20H16Cl2FN3O2/c21-12-4-7-15(14(22)10-12)26-19(27)16-17(11-2-5-13(23)6-3-11)24-8-1-9-25(24)18(16)20(26)28/h2-7,10,16-18H,1,8-9H2/t16-,17-,18-/m0/s1. The van der Waals surface area contributed by atoms with E-state index in [1.54, 1.807) is 24.3 Å². The Labute approximate surface area is 171 Å². The van der Waals surface area contributed by atoms with Crippen molar-refractivity contribution in [2.75, 3.05) is 18.0 Å². The summed E-state index contributed by atoms with van der Waals surface area (Å²) in [6, 6.07) is 10.00. The summed E-state index contributed by atoms with van der Waals surface area (Å²) in [5, 5.41) is 4.76. The number of hydrazine groups is 1. The van der Waals surface area contributed by atoms with E-state index in [9.17, 15) is 14.0 Å². The van der Waals surface area contributed by atoms with Crippen molar-refractivity contribution in [2.45, 2.75) is 18.5 Å². The second kappa shape index (κ2) is 6.52. The van der Waals surface area contributed by atoms with E-state index in [2.05, 4.69) is 5.01 Å². The van der Waals surface area contributed by atoms with E-state index in [0.29, 0.717) is 17.3 Å². The Morgan fingerprint density at radius 3 is 2.25 bits per heavy atom. The lowest BCUT2D eigenvalue weighted by Gasteiger charge is -2.30. The Bertz CT molecular complexity index is 984. The van der Waals surface area contributed by atoms with E-state index in [0.717, 1.165) is 18.5 Å². The highest BCUT2D eigenvalue weighted by atomic mass is 35.5. The maximum absolute atomic E-state index is 13.4. The van der Waals surface area contributed by atoms with Crippen LogP contribution < -0.4 is 4.90 Å². The maximum Gasteiger partial charge on any atom is 0.253 e. The van der Waals surface area contributed by atoms with E-state index in [-0.39, 0.29) is 28.7 Å². The van der Waals surface area contributed by atoms with Crippen molar-refractivity contribution >= 4 is 40.7 Å². The molecule has 3 heterocycles. The van der Waals surface area contributed by atoms with E-state index >= 15 is 0 Å². The molecule has 0 unspecified atom stereocenters. The number of benzene rings is 2. The van der Waals surface area contributed by atoms with Crippen molar-refractivity contribution in [3.05, 3.63) is 63.9 Å². The fourth-order valence-corrected chi connectivity index (χ4v) is 5.17. The van der Waals surface area contributed by atoms with Crippen LogP contribution in [0.15, 0.2) is 42.5 Å². The van der Waals surface area contributed by atoms with Crippen molar-refractivity contribution in [3.63, 3.8) is 0 Å². The number of nitrogens with zero attached hydrogens (tertiary/aromatic N) is 3. The molecule has 0 bridgehead atoms. The number of halogens is 3. The molecular weight excluding hydrogens is 404 g/mol. The summed E-state index contributed by atoms with van der Waals surface area (Å²) in [5.74, 6) is -1.47. The van der Waals surface area contributed by atoms with Crippen LogP contribution in [0, 0.1) is 11.7 Å². The van der Waals surface area contributed by atoms with Crippen LogP contribution in [0.3, 0.4) is 0 Å². The first-order valence-electron chi connectivity index (χ1n) is 9.09. The second-order valence-corrected chi connectivity index (χ2v) is 8.10. The molecule has 3 aliphatic heterocycles. The van der Waals surface area contributed by atoms with Gasteiger partial charge in [0.2, 0.25) is 5.91 Å². The second-order valence-electron chi connectivity index (χ2n) is 7.25. The molecule has 28 heavy (non-hydrogen) atoms. The Morgan fingerprint density at radius 2 is 1.57 bits per heavy atom. The summed E-state index contributed by atoms with van der Waals surface area (Å²) >= 11 is 12.2. The van der Waals surface area contributed by atoms with Crippen molar-refractivity contribution in [1.29, 1.82) is 0 Å². The molecule has 0 aromatic heterocycles. The van der Waals surface area contributed by atoms with Crippen molar-refractivity contribution in [3.8, 4) is 0 Å². The number of hydrogen-bond acceptors (Lipinski definition) is 4. The van der Waals surface area contributed by atoms with Gasteiger partial charge in [0.1, 0.15) is 11.9 Å². The van der Waals surface area contributed by atoms with Crippen LogP contribution in [0.1, 0.15) is 18.0 Å². The lowest BCUT2D eigenvalue weighted by molar-refractivity contribution is -0.126. The van der Waals surface area contributed by atoms with Gasteiger partial charge in [-0.25, -0.2) is 19.3 Å². The zero-order valence-electron chi connectivity index (χ0n) is 14.7. The summed E-state index contributed by atoms with van der Waals surface area (Å²) in [4.78, 5) is 27.9. The first-order valence-corrected chi connectivity index (χ1v) is 9.84. The molecule has 2 aromatic carbocycles. The molecule has 2 aromatic rings. The van der Waals surface area contributed by atoms with E-state index in [4.69, 9.17) is 23.2 Å². The molecule has 3 saturated heterocycles. The van der Waals surface area contributed by atoms with E-state index in [1.807, 2.05) is 5.01 Å². The van der Waals surface area contributed by atoms with Crippen LogP contribution in [0.5, 0.6) is 0 Å². The molecule has 5 nitrogen and oxygen atoms in total. The number of anilines is 1. The highest BCUT2D eigenvalue weighted by Crippen LogP contribution is 2.49. The molecule has 3 atom stereocenters. The Kier molecular flexibility index (Phi) is 4.21. The third kappa shape index (κ3) is 2.52. The molecule has 3 aliphatic rings. The molecule has 144 valence electrons. The van der Waals surface area contributed by atoms with Gasteiger partial charge in [-0.1, -0.05) is 35.3 Å². The maximum atomic E-state index is 13.4. The largest absolute Gasteiger partial charge is 0.274 e. The highest BCUT2D eigenvalue weighted by Gasteiger charge is 2.63. The Hall–Kier alpha value is -1.99. The number of fused-ring (bicyclic) bond motifs is 3. The molecule has 0 saturated carbocycles. The average Bonchev–Trinajstić information content (AvgIpc) is 3.30. The summed E-state index contributed by atoms with van der Waals surface area (Å²) in [6.45, 7) is 1.47. The third-order valence-electron chi connectivity index (χ3n) is 5.77. The van der Waals surface area contributed by atoms with Crippen molar-refractivity contribution in [2.24, 2.45) is 5.92 Å². The molecular formula is C20H16Cl2FN3O2. The van der Waals surface area contributed by atoms with Gasteiger partial charge in [0, 0.05) is 18.1 Å². The minimum absolute atomic E-state index is 0.255. The number of amides is 2. The normalized spacial score (nSPS) is 27.5. The van der Waals surface area contributed by atoms with Gasteiger partial charge in [0.05, 0.1) is 22.7 Å². The van der Waals surface area contributed by atoms with Gasteiger partial charge in [-0.2, -0.15) is 0 Å². The van der Waals surface area contributed by atoms with Crippen LogP contribution in [-0.2, 0) is 9.59 Å². The smallest absolute Gasteiger partial charge is 0.253 e. The van der Waals surface area contributed by atoms with E-state index < -0.39 is 12.0 Å². The topological polar surface area (TPSA) is 43.9 Å². The first kappa shape index (κ1) is 18.1. The van der Waals surface area contributed by atoms with Crippen LogP contribution >= 0.6 is 23.2 Å². The zero-order valence-corrected chi connectivity index (χ0v) is 16.2. The molecule has 0 N–H and O–H groups in total. The van der Waals surface area contributed by atoms with Crippen LogP contribution in [0.25, 0.3) is 0 Å². The molecule has 0 radical (unpaired) electrons. The van der Waals surface area contributed by atoms with Gasteiger partial charge in [0.25, 0.3) is 5.91 Å². The molecule has 0 spiro atoms. The Morgan fingerprint density at radius 1 is 0.893 bits per heavy atom. The average molecular weight is 420 g/mol. The van der Waals surface area contributed by atoms with Crippen molar-refractivity contribution in [1.82, 2.24) is 10.0 Å². The van der Waals surface area contributed by atoms with Gasteiger partial charge in [0.15, 0.2) is 0 Å². The quantitative estimate of drug-likeness (QED) is 0.696. The monoisotopic (exact) mass is 419 g/mol. The molecule has 8 heteroatoms. The molecule has 2 amide bonds. The highest BCUT2D eigenvalue weighted by molar-refractivity contribution is 6.38. The minimum Gasteiger partial charge on any atom is -0.274 e. The van der Waals surface area contributed by atoms with E-state index in [1.165, 1.54) is 23.1 Å². The zero-order chi connectivity index (χ0) is 19.6. The van der Waals surface area contributed by atoms with Crippen LogP contribution in [-0.4, -0.2) is 41.0 Å². The summed E-state index contributed by atoms with van der Waals surface area (Å²) in [5.41, 5.74) is 1.17. The SMILES string of the molecule is O=C1[C@@H]2[C@@H](C(=O)N1c1ccc(Cl)cc1Cl)N1CCCN1[C@H]2c1ccc(F)cc1.